The molecule has 2 aromatic rings. The number of methoxy groups -OCH3 is 1. The maximum absolute atomic E-state index is 12.1. The molecule has 2 aromatic carbocycles. The van der Waals surface area contributed by atoms with Gasteiger partial charge in [0.2, 0.25) is 0 Å². The van der Waals surface area contributed by atoms with Crippen molar-refractivity contribution in [3.8, 4) is 0 Å². The van der Waals surface area contributed by atoms with Crippen molar-refractivity contribution in [2.75, 3.05) is 7.11 Å². The van der Waals surface area contributed by atoms with Gasteiger partial charge in [0.25, 0.3) is 0 Å². The van der Waals surface area contributed by atoms with Crippen molar-refractivity contribution in [3.05, 3.63) is 47.0 Å². The number of Topliss-reactive ketones (excluding diaryl/α,β-unsaturated/α-hetero) is 1. The van der Waals surface area contributed by atoms with E-state index < -0.39 is 0 Å². The molecule has 0 spiro atoms. The monoisotopic (exact) mass is 276 g/mol. The third kappa shape index (κ3) is 2.93. The lowest BCUT2D eigenvalue weighted by Crippen LogP contribution is -2.06. The van der Waals surface area contributed by atoms with Crippen LogP contribution in [0.3, 0.4) is 0 Å². The molecule has 0 atom stereocenters. The second-order valence-electron chi connectivity index (χ2n) is 4.14. The highest BCUT2D eigenvalue weighted by atomic mass is 35.5. The lowest BCUT2D eigenvalue weighted by molar-refractivity contribution is -0.140. The van der Waals surface area contributed by atoms with E-state index in [-0.39, 0.29) is 24.6 Å². The molecule has 0 aromatic heterocycles. The normalized spacial score (nSPS) is 10.4. The van der Waals surface area contributed by atoms with Gasteiger partial charge in [-0.2, -0.15) is 0 Å². The van der Waals surface area contributed by atoms with E-state index in [2.05, 4.69) is 4.74 Å². The van der Waals surface area contributed by atoms with Gasteiger partial charge >= 0.3 is 5.97 Å². The van der Waals surface area contributed by atoms with Gasteiger partial charge in [-0.15, -0.1) is 0 Å². The van der Waals surface area contributed by atoms with Crippen LogP contribution in [-0.2, 0) is 9.53 Å². The van der Waals surface area contributed by atoms with Gasteiger partial charge in [-0.05, 0) is 17.5 Å². The highest BCUT2D eigenvalue weighted by Crippen LogP contribution is 2.27. The number of carbonyl (C=O) groups is 2. The van der Waals surface area contributed by atoms with E-state index in [4.69, 9.17) is 11.6 Å². The Morgan fingerprint density at radius 3 is 2.42 bits per heavy atom. The van der Waals surface area contributed by atoms with Gasteiger partial charge in [0.1, 0.15) is 0 Å². The molecule has 0 fully saturated rings. The molecule has 4 heteroatoms. The van der Waals surface area contributed by atoms with E-state index in [0.717, 1.165) is 10.8 Å². The Labute approximate surface area is 116 Å². The molecular weight excluding hydrogens is 264 g/mol. The van der Waals surface area contributed by atoms with Crippen molar-refractivity contribution < 1.29 is 14.3 Å². The molecule has 0 aliphatic carbocycles. The number of hydrogen-bond acceptors (Lipinski definition) is 3. The zero-order chi connectivity index (χ0) is 13.8. The van der Waals surface area contributed by atoms with Crippen LogP contribution < -0.4 is 0 Å². The quantitative estimate of drug-likeness (QED) is 0.633. The summed E-state index contributed by atoms with van der Waals surface area (Å²) in [6, 6.07) is 10.9. The smallest absolute Gasteiger partial charge is 0.305 e. The number of ketones is 1. The predicted octanol–water partition coefficient (Wildman–Crippen LogP) is 3.63. The van der Waals surface area contributed by atoms with E-state index >= 15 is 0 Å². The van der Waals surface area contributed by atoms with Crippen LogP contribution in [-0.4, -0.2) is 18.9 Å². The van der Waals surface area contributed by atoms with Crippen molar-refractivity contribution in [2.24, 2.45) is 0 Å². The lowest BCUT2D eigenvalue weighted by Gasteiger charge is -2.07. The average Bonchev–Trinajstić information content (AvgIpc) is 2.45. The van der Waals surface area contributed by atoms with Gasteiger partial charge in [0, 0.05) is 22.4 Å². The first kappa shape index (κ1) is 13.6. The topological polar surface area (TPSA) is 43.4 Å². The minimum atomic E-state index is -0.383. The van der Waals surface area contributed by atoms with E-state index in [0.29, 0.717) is 10.6 Å². The molecule has 0 saturated carbocycles. The second-order valence-corrected chi connectivity index (χ2v) is 4.55. The van der Waals surface area contributed by atoms with Gasteiger partial charge in [-0.1, -0.05) is 35.9 Å². The highest BCUT2D eigenvalue weighted by molar-refractivity contribution is 6.36. The third-order valence-corrected chi connectivity index (χ3v) is 3.28. The van der Waals surface area contributed by atoms with E-state index in [1.165, 1.54) is 7.11 Å². The Bertz CT molecular complexity index is 634. The maximum Gasteiger partial charge on any atom is 0.305 e. The first-order valence-corrected chi connectivity index (χ1v) is 6.28. The lowest BCUT2D eigenvalue weighted by atomic mass is 9.99. The Hall–Kier alpha value is -1.87. The second kappa shape index (κ2) is 5.85. The third-order valence-electron chi connectivity index (χ3n) is 2.96. The summed E-state index contributed by atoms with van der Waals surface area (Å²) in [5.74, 6) is -0.468. The average molecular weight is 277 g/mol. The van der Waals surface area contributed by atoms with Gasteiger partial charge in [0.05, 0.1) is 13.5 Å². The fraction of sp³-hybridized carbons (Fsp3) is 0.200. The van der Waals surface area contributed by atoms with Gasteiger partial charge in [-0.25, -0.2) is 0 Å². The van der Waals surface area contributed by atoms with Crippen LogP contribution in [0.5, 0.6) is 0 Å². The largest absolute Gasteiger partial charge is 0.469 e. The van der Waals surface area contributed by atoms with Crippen LogP contribution in [0.1, 0.15) is 23.2 Å². The SMILES string of the molecule is COC(=O)CCC(=O)c1ccc(Cl)c2ccccc12. The molecule has 0 heterocycles. The number of benzene rings is 2. The molecule has 19 heavy (non-hydrogen) atoms. The molecule has 2 rings (SSSR count). The summed E-state index contributed by atoms with van der Waals surface area (Å²) in [6.07, 6.45) is 0.227. The number of rotatable bonds is 4. The summed E-state index contributed by atoms with van der Waals surface area (Å²) in [6.45, 7) is 0. The Kier molecular flexibility index (Phi) is 4.17. The molecule has 0 saturated heterocycles. The first-order valence-electron chi connectivity index (χ1n) is 5.90. The summed E-state index contributed by atoms with van der Waals surface area (Å²) in [4.78, 5) is 23.2. The Morgan fingerprint density at radius 2 is 1.74 bits per heavy atom. The first-order chi connectivity index (χ1) is 9.13. The minimum absolute atomic E-state index is 0.0849. The van der Waals surface area contributed by atoms with Crippen molar-refractivity contribution in [3.63, 3.8) is 0 Å². The molecule has 0 amide bonds. The van der Waals surface area contributed by atoms with Crippen molar-refractivity contribution >= 4 is 34.1 Å². The van der Waals surface area contributed by atoms with Gasteiger partial charge < -0.3 is 4.74 Å². The molecule has 0 aliphatic rings. The summed E-state index contributed by atoms with van der Waals surface area (Å²) in [5.41, 5.74) is 0.587. The number of carbonyl (C=O) groups excluding carboxylic acids is 2. The zero-order valence-electron chi connectivity index (χ0n) is 10.5. The van der Waals surface area contributed by atoms with E-state index in [1.54, 1.807) is 12.1 Å². The molecular formula is C15H13ClO3. The van der Waals surface area contributed by atoms with Crippen LogP contribution in [0.4, 0.5) is 0 Å². The fourth-order valence-electron chi connectivity index (χ4n) is 1.96. The van der Waals surface area contributed by atoms with Crippen molar-refractivity contribution in [1.82, 2.24) is 0 Å². The van der Waals surface area contributed by atoms with Crippen LogP contribution in [0.15, 0.2) is 36.4 Å². The van der Waals surface area contributed by atoms with E-state index in [1.807, 2.05) is 24.3 Å². The van der Waals surface area contributed by atoms with Crippen molar-refractivity contribution in [2.45, 2.75) is 12.8 Å². The molecule has 98 valence electrons. The summed E-state index contributed by atoms with van der Waals surface area (Å²) in [5, 5.41) is 2.26. The van der Waals surface area contributed by atoms with Crippen LogP contribution in [0.2, 0.25) is 5.02 Å². The standard InChI is InChI=1S/C15H13ClO3/c1-19-15(18)9-8-14(17)12-6-7-13(16)11-5-3-2-4-10(11)12/h2-7H,8-9H2,1H3. The number of halogens is 1. The molecule has 3 nitrogen and oxygen atoms in total. The van der Waals surface area contributed by atoms with E-state index in [9.17, 15) is 9.59 Å². The molecule has 0 aliphatic heterocycles. The highest BCUT2D eigenvalue weighted by Gasteiger charge is 2.13. The summed E-state index contributed by atoms with van der Waals surface area (Å²) in [7, 11) is 1.31. The molecule has 0 radical (unpaired) electrons. The predicted molar refractivity (Wildman–Crippen MR) is 74.5 cm³/mol. The summed E-state index contributed by atoms with van der Waals surface area (Å²) < 4.78 is 4.53. The van der Waals surface area contributed by atoms with Gasteiger partial charge in [-0.3, -0.25) is 9.59 Å². The minimum Gasteiger partial charge on any atom is -0.469 e. The van der Waals surface area contributed by atoms with Crippen LogP contribution in [0, 0.1) is 0 Å². The van der Waals surface area contributed by atoms with Gasteiger partial charge in [0.15, 0.2) is 5.78 Å². The number of hydrogen-bond donors (Lipinski definition) is 0. The molecule has 0 unspecified atom stereocenters. The summed E-state index contributed by atoms with van der Waals surface area (Å²) >= 11 is 6.10. The molecule has 0 N–H and O–H groups in total. The fourth-order valence-corrected chi connectivity index (χ4v) is 2.19. The van der Waals surface area contributed by atoms with Crippen molar-refractivity contribution in [1.29, 1.82) is 0 Å². The van der Waals surface area contributed by atoms with Crippen LogP contribution >= 0.6 is 11.6 Å². The molecule has 0 bridgehead atoms. The Morgan fingerprint density at radius 1 is 1.05 bits per heavy atom. The van der Waals surface area contributed by atoms with Crippen LogP contribution in [0.25, 0.3) is 10.8 Å². The maximum atomic E-state index is 12.1. The number of ether oxygens (including phenoxy) is 1. The zero-order valence-corrected chi connectivity index (χ0v) is 11.2. The number of esters is 1. The number of fused-ring (bicyclic) bond motifs is 1. The Balaban J connectivity index is 2.32.